The number of methoxy groups -OCH3 is 2. The third-order valence-electron chi connectivity index (χ3n) is 7.74. The highest BCUT2D eigenvalue weighted by Gasteiger charge is 2.33. The summed E-state index contributed by atoms with van der Waals surface area (Å²) in [5, 5.41) is 20.8. The number of hydrogen-bond donors (Lipinski definition) is 1. The van der Waals surface area contributed by atoms with Crippen LogP contribution in [-0.2, 0) is 11.3 Å². The zero-order valence-electron chi connectivity index (χ0n) is 26.5. The van der Waals surface area contributed by atoms with Crippen molar-refractivity contribution in [3.63, 3.8) is 0 Å². The second-order valence-corrected chi connectivity index (χ2v) is 12.9. The highest BCUT2D eigenvalue weighted by molar-refractivity contribution is 7.99. The molecular formula is C35H34N6O4S2. The van der Waals surface area contributed by atoms with Crippen molar-refractivity contribution in [2.45, 2.75) is 38.0 Å². The lowest BCUT2D eigenvalue weighted by atomic mass is 10.00. The number of rotatable bonds is 11. The summed E-state index contributed by atoms with van der Waals surface area (Å²) in [6.45, 7) is 4.15. The second kappa shape index (κ2) is 14.2. The van der Waals surface area contributed by atoms with Crippen molar-refractivity contribution >= 4 is 40.6 Å². The molecule has 3 aromatic carbocycles. The van der Waals surface area contributed by atoms with E-state index in [1.54, 1.807) is 34.5 Å². The Morgan fingerprint density at radius 2 is 1.70 bits per heavy atom. The van der Waals surface area contributed by atoms with Gasteiger partial charge >= 0.3 is 0 Å². The molecule has 1 atom stereocenters. The standard InChI is InChI=1S/C35H34N6O4S2/c1-22-10-12-24(13-11-22)30-19-29(31-9-6-14-46-31)39-41(30)33(42)21-47-35-38-37-32(40(35)26-8-5-7-23(2)15-26)20-36-34(43)25-16-27(44-3)18-28(17-25)45-4/h5-18,30H,19-21H2,1-4H3,(H,36,43). The van der Waals surface area contributed by atoms with Gasteiger partial charge in [-0.2, -0.15) is 5.10 Å². The van der Waals surface area contributed by atoms with E-state index in [0.717, 1.165) is 33.0 Å². The Labute approximate surface area is 281 Å². The summed E-state index contributed by atoms with van der Waals surface area (Å²) in [6.07, 6.45) is 0.641. The molecule has 5 aromatic rings. The van der Waals surface area contributed by atoms with Crippen LogP contribution in [-0.4, -0.2) is 57.3 Å². The molecule has 10 nitrogen and oxygen atoms in total. The van der Waals surface area contributed by atoms with Crippen LogP contribution in [0.2, 0.25) is 0 Å². The van der Waals surface area contributed by atoms with Gasteiger partial charge in [-0.25, -0.2) is 5.01 Å². The van der Waals surface area contributed by atoms with Gasteiger partial charge in [0.1, 0.15) is 11.5 Å². The molecule has 0 radical (unpaired) electrons. The Bertz CT molecular complexity index is 1900. The van der Waals surface area contributed by atoms with E-state index in [1.165, 1.54) is 26.0 Å². The first-order valence-electron chi connectivity index (χ1n) is 15.0. The van der Waals surface area contributed by atoms with Crippen molar-refractivity contribution in [3.8, 4) is 17.2 Å². The Hall–Kier alpha value is -4.94. The Morgan fingerprint density at radius 3 is 2.38 bits per heavy atom. The minimum absolute atomic E-state index is 0.101. The molecule has 0 aliphatic carbocycles. The van der Waals surface area contributed by atoms with Crippen LogP contribution in [0.3, 0.4) is 0 Å². The first-order chi connectivity index (χ1) is 22.8. The number of hydrogen-bond acceptors (Lipinski definition) is 9. The van der Waals surface area contributed by atoms with Crippen molar-refractivity contribution in [3.05, 3.63) is 117 Å². The number of aromatic nitrogens is 3. The summed E-state index contributed by atoms with van der Waals surface area (Å²) in [4.78, 5) is 28.1. The highest BCUT2D eigenvalue weighted by Crippen LogP contribution is 2.35. The van der Waals surface area contributed by atoms with Crippen molar-refractivity contribution in [2.75, 3.05) is 20.0 Å². The van der Waals surface area contributed by atoms with E-state index in [1.807, 2.05) is 60.2 Å². The first kappa shape index (κ1) is 32.0. The number of ether oxygens (including phenoxy) is 2. The lowest BCUT2D eigenvalue weighted by Crippen LogP contribution is -2.28. The number of benzene rings is 3. The number of carbonyl (C=O) groups excluding carboxylic acids is 2. The summed E-state index contributed by atoms with van der Waals surface area (Å²) >= 11 is 2.91. The molecule has 2 aromatic heterocycles. The van der Waals surface area contributed by atoms with E-state index in [9.17, 15) is 9.59 Å². The van der Waals surface area contributed by atoms with Crippen molar-refractivity contribution in [2.24, 2.45) is 5.10 Å². The average molecular weight is 667 g/mol. The van der Waals surface area contributed by atoms with E-state index < -0.39 is 0 Å². The lowest BCUT2D eigenvalue weighted by molar-refractivity contribution is -0.130. The van der Waals surface area contributed by atoms with Crippen LogP contribution < -0.4 is 14.8 Å². The van der Waals surface area contributed by atoms with Crippen LogP contribution in [0.5, 0.6) is 11.5 Å². The summed E-state index contributed by atoms with van der Waals surface area (Å²) in [5.41, 5.74) is 5.37. The van der Waals surface area contributed by atoms with Crippen LogP contribution >= 0.6 is 23.1 Å². The summed E-state index contributed by atoms with van der Waals surface area (Å²) in [5.74, 6) is 1.19. The fourth-order valence-electron chi connectivity index (χ4n) is 5.31. The predicted molar refractivity (Wildman–Crippen MR) is 184 cm³/mol. The second-order valence-electron chi connectivity index (χ2n) is 11.0. The van der Waals surface area contributed by atoms with E-state index in [4.69, 9.17) is 14.6 Å². The molecule has 6 rings (SSSR count). The molecule has 0 saturated carbocycles. The smallest absolute Gasteiger partial charge is 0.253 e. The van der Waals surface area contributed by atoms with E-state index in [0.29, 0.717) is 34.5 Å². The fraction of sp³-hybridized carbons (Fsp3) is 0.229. The van der Waals surface area contributed by atoms with Crippen molar-refractivity contribution in [1.82, 2.24) is 25.1 Å². The topological polar surface area (TPSA) is 111 Å². The van der Waals surface area contributed by atoms with Crippen LogP contribution in [0.1, 0.15) is 50.2 Å². The summed E-state index contributed by atoms with van der Waals surface area (Å²) in [6, 6.07) is 25.0. The van der Waals surface area contributed by atoms with E-state index in [-0.39, 0.29) is 30.2 Å². The third kappa shape index (κ3) is 7.23. The number of nitrogens with one attached hydrogen (secondary N) is 1. The van der Waals surface area contributed by atoms with Crippen LogP contribution in [0, 0.1) is 13.8 Å². The Kier molecular flexibility index (Phi) is 9.69. The quantitative estimate of drug-likeness (QED) is 0.163. The molecule has 0 spiro atoms. The number of amides is 2. The fourth-order valence-corrected chi connectivity index (χ4v) is 6.85. The van der Waals surface area contributed by atoms with Gasteiger partial charge in [-0.3, -0.25) is 14.2 Å². The molecule has 1 aliphatic heterocycles. The lowest BCUT2D eigenvalue weighted by Gasteiger charge is -2.22. The van der Waals surface area contributed by atoms with Crippen LogP contribution in [0.4, 0.5) is 0 Å². The van der Waals surface area contributed by atoms with E-state index in [2.05, 4.69) is 39.8 Å². The zero-order valence-corrected chi connectivity index (χ0v) is 28.1. The maximum Gasteiger partial charge on any atom is 0.253 e. The highest BCUT2D eigenvalue weighted by atomic mass is 32.2. The molecule has 0 fully saturated rings. The Morgan fingerprint density at radius 1 is 0.936 bits per heavy atom. The van der Waals surface area contributed by atoms with Gasteiger partial charge in [0.2, 0.25) is 0 Å². The molecule has 12 heteroatoms. The van der Waals surface area contributed by atoms with Gasteiger partial charge in [-0.05, 0) is 60.7 Å². The Balaban J connectivity index is 1.23. The molecule has 1 N–H and O–H groups in total. The van der Waals surface area contributed by atoms with Gasteiger partial charge in [0, 0.05) is 23.7 Å². The molecule has 47 heavy (non-hydrogen) atoms. The molecule has 1 aliphatic rings. The molecular weight excluding hydrogens is 633 g/mol. The predicted octanol–water partition coefficient (Wildman–Crippen LogP) is 6.36. The number of nitrogens with zero attached hydrogens (tertiary/aromatic N) is 5. The van der Waals surface area contributed by atoms with Crippen molar-refractivity contribution in [1.29, 1.82) is 0 Å². The molecule has 240 valence electrons. The third-order valence-corrected chi connectivity index (χ3v) is 9.57. The van der Waals surface area contributed by atoms with Gasteiger partial charge in [0.15, 0.2) is 11.0 Å². The summed E-state index contributed by atoms with van der Waals surface area (Å²) < 4.78 is 12.5. The number of thiophene rings is 1. The molecule has 0 saturated heterocycles. The summed E-state index contributed by atoms with van der Waals surface area (Å²) in [7, 11) is 3.07. The average Bonchev–Trinajstić information content (AvgIpc) is 3.86. The molecule has 3 heterocycles. The number of hydrazone groups is 1. The van der Waals surface area contributed by atoms with Gasteiger partial charge in [0.05, 0.1) is 43.1 Å². The largest absolute Gasteiger partial charge is 0.497 e. The molecule has 2 amide bonds. The van der Waals surface area contributed by atoms with Crippen molar-refractivity contribution < 1.29 is 19.1 Å². The minimum atomic E-state index is -0.319. The first-order valence-corrected chi connectivity index (χ1v) is 16.8. The number of carbonyl (C=O) groups is 2. The normalized spacial score (nSPS) is 14.2. The number of aryl methyl sites for hydroxylation is 2. The van der Waals surface area contributed by atoms with E-state index >= 15 is 0 Å². The van der Waals surface area contributed by atoms with Gasteiger partial charge in [0.25, 0.3) is 11.8 Å². The maximum atomic E-state index is 13.8. The molecule has 1 unspecified atom stereocenters. The zero-order chi connectivity index (χ0) is 32.9. The van der Waals surface area contributed by atoms with Gasteiger partial charge < -0.3 is 14.8 Å². The minimum Gasteiger partial charge on any atom is -0.497 e. The van der Waals surface area contributed by atoms with Gasteiger partial charge in [-0.15, -0.1) is 21.5 Å². The number of thioether (sulfide) groups is 1. The monoisotopic (exact) mass is 666 g/mol. The van der Waals surface area contributed by atoms with Crippen LogP contribution in [0.15, 0.2) is 94.5 Å². The SMILES string of the molecule is COc1cc(OC)cc(C(=O)NCc2nnc(SCC(=O)N3N=C(c4cccs4)CC3c3ccc(C)cc3)n2-c2cccc(C)c2)c1. The maximum absolute atomic E-state index is 13.8. The molecule has 0 bridgehead atoms. The van der Waals surface area contributed by atoms with Gasteiger partial charge in [-0.1, -0.05) is 59.8 Å². The van der Waals surface area contributed by atoms with Crippen LogP contribution in [0.25, 0.3) is 5.69 Å².